The van der Waals surface area contributed by atoms with E-state index in [0.29, 0.717) is 18.1 Å². The minimum atomic E-state index is -1.03. The van der Waals surface area contributed by atoms with Gasteiger partial charge in [0.05, 0.1) is 17.5 Å². The maximum atomic E-state index is 11.2. The van der Waals surface area contributed by atoms with Crippen LogP contribution >= 0.6 is 0 Å². The van der Waals surface area contributed by atoms with Crippen molar-refractivity contribution < 1.29 is 14.6 Å². The first-order valence-electron chi connectivity index (χ1n) is 6.27. The molecule has 0 spiro atoms. The Kier molecular flexibility index (Phi) is 3.61. The van der Waals surface area contributed by atoms with Crippen molar-refractivity contribution in [3.63, 3.8) is 0 Å². The average molecular weight is 265 g/mol. The zero-order chi connectivity index (χ0) is 14.0. The summed E-state index contributed by atoms with van der Waals surface area (Å²) in [5.41, 5.74) is 5.81. The number of ether oxygens (including phenoxy) is 1. The molecule has 2 heterocycles. The van der Waals surface area contributed by atoms with Gasteiger partial charge in [-0.2, -0.15) is 0 Å². The Bertz CT molecular complexity index is 488. The van der Waals surface area contributed by atoms with Gasteiger partial charge in [-0.05, 0) is 32.8 Å². The van der Waals surface area contributed by atoms with Gasteiger partial charge < -0.3 is 20.9 Å². The van der Waals surface area contributed by atoms with Crippen molar-refractivity contribution in [3.8, 4) is 0 Å². The van der Waals surface area contributed by atoms with Crippen LogP contribution in [0.2, 0.25) is 0 Å². The highest BCUT2D eigenvalue weighted by Gasteiger charge is 2.29. The van der Waals surface area contributed by atoms with Crippen LogP contribution in [0.1, 0.15) is 37.0 Å². The summed E-state index contributed by atoms with van der Waals surface area (Å²) < 4.78 is 5.63. The van der Waals surface area contributed by atoms with Gasteiger partial charge in [0, 0.05) is 12.6 Å². The second-order valence-electron chi connectivity index (χ2n) is 5.41. The van der Waals surface area contributed by atoms with Crippen LogP contribution < -0.4 is 11.1 Å². The van der Waals surface area contributed by atoms with E-state index in [1.165, 1.54) is 12.3 Å². The summed E-state index contributed by atoms with van der Waals surface area (Å²) in [5.74, 6) is -0.669. The molecule has 6 nitrogen and oxygen atoms in total. The number of rotatable bonds is 3. The zero-order valence-corrected chi connectivity index (χ0v) is 11.1. The first-order chi connectivity index (χ1) is 8.87. The number of nitrogens with one attached hydrogen (secondary N) is 1. The third-order valence-corrected chi connectivity index (χ3v) is 3.18. The minimum Gasteiger partial charge on any atom is -0.478 e. The molecule has 0 bridgehead atoms. The van der Waals surface area contributed by atoms with E-state index in [2.05, 4.69) is 10.3 Å². The molecule has 4 N–H and O–H groups in total. The van der Waals surface area contributed by atoms with Crippen LogP contribution in [0.4, 0.5) is 11.5 Å². The number of anilines is 2. The highest BCUT2D eigenvalue weighted by Crippen LogP contribution is 2.27. The van der Waals surface area contributed by atoms with E-state index in [1.807, 2.05) is 13.8 Å². The van der Waals surface area contributed by atoms with Crippen molar-refractivity contribution in [2.75, 3.05) is 17.7 Å². The molecule has 1 fully saturated rings. The Balaban J connectivity index is 2.17. The second-order valence-corrected chi connectivity index (χ2v) is 5.41. The van der Waals surface area contributed by atoms with Crippen LogP contribution in [-0.2, 0) is 4.74 Å². The summed E-state index contributed by atoms with van der Waals surface area (Å²) in [6.07, 6.45) is 3.09. The lowest BCUT2D eigenvalue weighted by Gasteiger charge is -2.36. The fourth-order valence-electron chi connectivity index (χ4n) is 2.31. The molecular weight excluding hydrogens is 246 g/mol. The van der Waals surface area contributed by atoms with Gasteiger partial charge in [0.1, 0.15) is 11.4 Å². The molecule has 1 aliphatic rings. The quantitative estimate of drug-likeness (QED) is 0.770. The molecule has 1 aliphatic heterocycles. The summed E-state index contributed by atoms with van der Waals surface area (Å²) in [7, 11) is 0. The third kappa shape index (κ3) is 3.35. The molecule has 0 aromatic carbocycles. The van der Waals surface area contributed by atoms with E-state index >= 15 is 0 Å². The molecule has 1 atom stereocenters. The van der Waals surface area contributed by atoms with E-state index in [0.717, 1.165) is 12.8 Å². The molecule has 0 amide bonds. The Morgan fingerprint density at radius 1 is 1.63 bits per heavy atom. The Labute approximate surface area is 112 Å². The number of hydrogen-bond acceptors (Lipinski definition) is 5. The van der Waals surface area contributed by atoms with Crippen molar-refractivity contribution >= 4 is 17.5 Å². The fraction of sp³-hybridized carbons (Fsp3) is 0.538. The third-order valence-electron chi connectivity index (χ3n) is 3.18. The number of nitrogen functional groups attached to an aromatic ring is 1. The molecule has 19 heavy (non-hydrogen) atoms. The largest absolute Gasteiger partial charge is 0.478 e. The average Bonchev–Trinajstić information content (AvgIpc) is 2.30. The van der Waals surface area contributed by atoms with Crippen molar-refractivity contribution in [2.45, 2.75) is 38.3 Å². The van der Waals surface area contributed by atoms with E-state index in [-0.39, 0.29) is 17.2 Å². The van der Waals surface area contributed by atoms with Crippen LogP contribution in [0.3, 0.4) is 0 Å². The smallest absolute Gasteiger partial charge is 0.339 e. The summed E-state index contributed by atoms with van der Waals surface area (Å²) in [6.45, 7) is 4.70. The summed E-state index contributed by atoms with van der Waals surface area (Å²) in [6, 6.07) is 1.57. The molecule has 1 saturated heterocycles. The molecular formula is C13H19N3O3. The highest BCUT2D eigenvalue weighted by atomic mass is 16.5. The van der Waals surface area contributed by atoms with Crippen LogP contribution in [0, 0.1) is 0 Å². The fourth-order valence-corrected chi connectivity index (χ4v) is 2.31. The van der Waals surface area contributed by atoms with E-state index in [4.69, 9.17) is 15.6 Å². The van der Waals surface area contributed by atoms with Crippen LogP contribution in [0.25, 0.3) is 0 Å². The van der Waals surface area contributed by atoms with Crippen molar-refractivity contribution in [1.82, 2.24) is 4.98 Å². The van der Waals surface area contributed by atoms with Gasteiger partial charge in [-0.3, -0.25) is 0 Å². The number of carboxylic acids is 1. The van der Waals surface area contributed by atoms with Gasteiger partial charge in [-0.15, -0.1) is 0 Å². The van der Waals surface area contributed by atoms with Crippen LogP contribution in [-0.4, -0.2) is 34.3 Å². The summed E-state index contributed by atoms with van der Waals surface area (Å²) in [4.78, 5) is 15.3. The molecule has 1 unspecified atom stereocenters. The lowest BCUT2D eigenvalue weighted by molar-refractivity contribution is -0.0553. The topological polar surface area (TPSA) is 97.5 Å². The first-order valence-corrected chi connectivity index (χ1v) is 6.27. The monoisotopic (exact) mass is 265 g/mol. The van der Waals surface area contributed by atoms with E-state index in [1.54, 1.807) is 0 Å². The van der Waals surface area contributed by atoms with E-state index in [9.17, 15) is 4.79 Å². The molecule has 6 heteroatoms. The molecule has 0 radical (unpaired) electrons. The Morgan fingerprint density at radius 3 is 3.00 bits per heavy atom. The number of pyridine rings is 1. The van der Waals surface area contributed by atoms with E-state index < -0.39 is 5.97 Å². The highest BCUT2D eigenvalue weighted by molar-refractivity contribution is 5.94. The van der Waals surface area contributed by atoms with Crippen LogP contribution in [0.15, 0.2) is 12.3 Å². The predicted molar refractivity (Wildman–Crippen MR) is 72.3 cm³/mol. The van der Waals surface area contributed by atoms with Gasteiger partial charge in [0.15, 0.2) is 0 Å². The number of aromatic carboxylic acids is 1. The standard InChI is InChI=1S/C13H19N3O3/c1-13(2)6-9(3-4-19-13)16-11-10(12(17)18)5-8(14)7-15-11/h5,7,9H,3-4,6,14H2,1-2H3,(H,15,16)(H,17,18). The number of carboxylic acid groups (broad SMARTS) is 1. The Hall–Kier alpha value is -1.82. The maximum absolute atomic E-state index is 11.2. The number of hydrogen-bond donors (Lipinski definition) is 3. The zero-order valence-electron chi connectivity index (χ0n) is 11.1. The van der Waals surface area contributed by atoms with Gasteiger partial charge >= 0.3 is 5.97 Å². The normalized spacial score (nSPS) is 21.9. The molecule has 104 valence electrons. The maximum Gasteiger partial charge on any atom is 0.339 e. The van der Waals surface area contributed by atoms with Gasteiger partial charge in [0.2, 0.25) is 0 Å². The Morgan fingerprint density at radius 2 is 2.37 bits per heavy atom. The lowest BCUT2D eigenvalue weighted by atomic mass is 9.94. The lowest BCUT2D eigenvalue weighted by Crippen LogP contribution is -2.40. The minimum absolute atomic E-state index is 0.101. The van der Waals surface area contributed by atoms with Crippen LogP contribution in [0.5, 0.6) is 0 Å². The van der Waals surface area contributed by atoms with Crippen molar-refractivity contribution in [3.05, 3.63) is 17.8 Å². The SMILES string of the molecule is CC1(C)CC(Nc2ncc(N)cc2C(=O)O)CCO1. The van der Waals surface area contributed by atoms with Gasteiger partial charge in [-0.25, -0.2) is 9.78 Å². The number of aromatic nitrogens is 1. The number of nitrogens with two attached hydrogens (primary N) is 1. The summed E-state index contributed by atoms with van der Waals surface area (Å²) in [5, 5.41) is 12.3. The second kappa shape index (κ2) is 5.05. The van der Waals surface area contributed by atoms with Crippen molar-refractivity contribution in [2.24, 2.45) is 0 Å². The summed E-state index contributed by atoms with van der Waals surface area (Å²) >= 11 is 0. The number of nitrogens with zero attached hydrogens (tertiary/aromatic N) is 1. The molecule has 2 rings (SSSR count). The van der Waals surface area contributed by atoms with Crippen molar-refractivity contribution in [1.29, 1.82) is 0 Å². The predicted octanol–water partition coefficient (Wildman–Crippen LogP) is 1.73. The molecule has 1 aromatic heterocycles. The molecule has 1 aromatic rings. The van der Waals surface area contributed by atoms with Gasteiger partial charge in [-0.1, -0.05) is 0 Å². The molecule has 0 saturated carbocycles. The van der Waals surface area contributed by atoms with Gasteiger partial charge in [0.25, 0.3) is 0 Å². The first kappa shape index (κ1) is 13.6. The molecule has 0 aliphatic carbocycles. The number of carbonyl (C=O) groups is 1.